The van der Waals surface area contributed by atoms with Gasteiger partial charge < -0.3 is 14.4 Å². The molecule has 30 heavy (non-hydrogen) atoms. The normalized spacial score (nSPS) is 15.0. The Kier molecular flexibility index (Phi) is 7.20. The zero-order valence-electron chi connectivity index (χ0n) is 17.3. The molecule has 0 saturated carbocycles. The van der Waals surface area contributed by atoms with Gasteiger partial charge in [0.05, 0.1) is 6.61 Å². The summed E-state index contributed by atoms with van der Waals surface area (Å²) in [6.07, 6.45) is 0.750. The SMILES string of the molecule is CC(C)(C)OC(=O)N1CCC(COC(=O)Nc2cccc(-c3nc(Cl)cs3)c2)CC1. The molecule has 1 aromatic heterocycles. The number of nitrogens with one attached hydrogen (secondary N) is 1. The van der Waals surface area contributed by atoms with Crippen molar-refractivity contribution in [2.24, 2.45) is 5.92 Å². The predicted octanol–water partition coefficient (Wildman–Crippen LogP) is 5.66. The molecule has 0 unspecified atom stereocenters. The number of hydrogen-bond donors (Lipinski definition) is 1. The molecule has 9 heteroatoms. The zero-order valence-corrected chi connectivity index (χ0v) is 18.9. The van der Waals surface area contributed by atoms with E-state index in [2.05, 4.69) is 10.3 Å². The molecule has 0 bridgehead atoms. The van der Waals surface area contributed by atoms with Gasteiger partial charge in [0, 0.05) is 29.7 Å². The van der Waals surface area contributed by atoms with Crippen molar-refractivity contribution in [2.45, 2.75) is 39.2 Å². The van der Waals surface area contributed by atoms with E-state index < -0.39 is 11.7 Å². The van der Waals surface area contributed by atoms with Crippen molar-refractivity contribution >= 4 is 40.8 Å². The standard InChI is InChI=1S/C21H26ClN3O4S/c1-21(2,3)29-20(27)25-9-7-14(8-10-25)12-28-19(26)23-16-6-4-5-15(11-16)18-24-17(22)13-30-18/h4-6,11,13-14H,7-10,12H2,1-3H3,(H,23,26). The number of ether oxygens (including phenoxy) is 2. The summed E-state index contributed by atoms with van der Waals surface area (Å²) in [7, 11) is 0. The summed E-state index contributed by atoms with van der Waals surface area (Å²) < 4.78 is 10.8. The second kappa shape index (κ2) is 9.66. The third-order valence-electron chi connectivity index (χ3n) is 4.55. The van der Waals surface area contributed by atoms with Crippen LogP contribution >= 0.6 is 22.9 Å². The van der Waals surface area contributed by atoms with E-state index >= 15 is 0 Å². The van der Waals surface area contributed by atoms with Gasteiger partial charge >= 0.3 is 12.2 Å². The average molecular weight is 452 g/mol. The van der Waals surface area contributed by atoms with Gasteiger partial charge in [-0.15, -0.1) is 11.3 Å². The molecule has 7 nitrogen and oxygen atoms in total. The maximum absolute atomic E-state index is 12.2. The number of nitrogens with zero attached hydrogens (tertiary/aromatic N) is 2. The lowest BCUT2D eigenvalue weighted by Gasteiger charge is -2.33. The third kappa shape index (κ3) is 6.60. The van der Waals surface area contributed by atoms with E-state index in [-0.39, 0.29) is 12.0 Å². The highest BCUT2D eigenvalue weighted by molar-refractivity contribution is 7.13. The molecule has 1 aliphatic heterocycles. The number of hydrogen-bond acceptors (Lipinski definition) is 6. The van der Waals surface area contributed by atoms with Gasteiger partial charge in [-0.2, -0.15) is 0 Å². The molecule has 0 radical (unpaired) electrons. The Morgan fingerprint density at radius 3 is 2.67 bits per heavy atom. The lowest BCUT2D eigenvalue weighted by atomic mass is 9.98. The second-order valence-corrected chi connectivity index (χ2v) is 9.44. The van der Waals surface area contributed by atoms with Crippen LogP contribution in [-0.4, -0.2) is 47.4 Å². The molecule has 1 fully saturated rings. The van der Waals surface area contributed by atoms with Gasteiger partial charge in [-0.05, 0) is 51.7 Å². The minimum atomic E-state index is -0.502. The number of anilines is 1. The molecule has 2 heterocycles. The highest BCUT2D eigenvalue weighted by atomic mass is 35.5. The van der Waals surface area contributed by atoms with Crippen molar-refractivity contribution in [2.75, 3.05) is 25.0 Å². The van der Waals surface area contributed by atoms with E-state index in [0.717, 1.165) is 23.4 Å². The summed E-state index contributed by atoms with van der Waals surface area (Å²) in [4.78, 5) is 30.2. The van der Waals surface area contributed by atoms with Crippen molar-refractivity contribution < 1.29 is 19.1 Å². The molecule has 2 amide bonds. The molecule has 0 atom stereocenters. The maximum Gasteiger partial charge on any atom is 0.411 e. The van der Waals surface area contributed by atoms with Gasteiger partial charge in [0.1, 0.15) is 15.8 Å². The van der Waals surface area contributed by atoms with Crippen molar-refractivity contribution in [1.82, 2.24) is 9.88 Å². The first-order valence-electron chi connectivity index (χ1n) is 9.83. The molecule has 3 rings (SSSR count). The van der Waals surface area contributed by atoms with Crippen LogP contribution in [-0.2, 0) is 9.47 Å². The Hall–Kier alpha value is -2.32. The lowest BCUT2D eigenvalue weighted by molar-refractivity contribution is 0.0153. The zero-order chi connectivity index (χ0) is 21.7. The van der Waals surface area contributed by atoms with Crippen molar-refractivity contribution in [3.8, 4) is 10.6 Å². The van der Waals surface area contributed by atoms with Crippen molar-refractivity contribution in [3.05, 3.63) is 34.8 Å². The fourth-order valence-corrected chi connectivity index (χ4v) is 4.02. The van der Waals surface area contributed by atoms with Gasteiger partial charge in [0.15, 0.2) is 0 Å². The van der Waals surface area contributed by atoms with Crippen molar-refractivity contribution in [1.29, 1.82) is 0 Å². The fourth-order valence-electron chi connectivity index (χ4n) is 3.07. The Labute approximate surface area is 185 Å². The Balaban J connectivity index is 1.43. The summed E-state index contributed by atoms with van der Waals surface area (Å²) >= 11 is 7.33. The molecule has 2 aromatic rings. The van der Waals surface area contributed by atoms with Crippen LogP contribution in [0.1, 0.15) is 33.6 Å². The highest BCUT2D eigenvalue weighted by Crippen LogP contribution is 2.28. The molecule has 1 aromatic carbocycles. The monoisotopic (exact) mass is 451 g/mol. The number of halogens is 1. The fraction of sp³-hybridized carbons (Fsp3) is 0.476. The molecule has 0 aliphatic carbocycles. The van der Waals surface area contributed by atoms with Crippen LogP contribution in [0.3, 0.4) is 0 Å². The number of benzene rings is 1. The molecule has 1 aliphatic rings. The molecule has 1 saturated heterocycles. The molecular formula is C21H26ClN3O4S. The molecule has 0 spiro atoms. The number of carbonyl (C=O) groups excluding carboxylic acids is 2. The van der Waals surface area contributed by atoms with E-state index in [1.807, 2.05) is 39.0 Å². The number of aromatic nitrogens is 1. The number of amides is 2. The third-order valence-corrected chi connectivity index (χ3v) is 5.76. The second-order valence-electron chi connectivity index (χ2n) is 8.19. The quantitative estimate of drug-likeness (QED) is 0.648. The van der Waals surface area contributed by atoms with E-state index in [4.69, 9.17) is 21.1 Å². The molecule has 1 N–H and O–H groups in total. The van der Waals surface area contributed by atoms with Gasteiger partial charge in [0.25, 0.3) is 0 Å². The van der Waals surface area contributed by atoms with Gasteiger partial charge in [0.2, 0.25) is 0 Å². The maximum atomic E-state index is 12.2. The number of carbonyl (C=O) groups is 2. The topological polar surface area (TPSA) is 80.8 Å². The van der Waals surface area contributed by atoms with Crippen LogP contribution in [0, 0.1) is 5.92 Å². The number of thiazole rings is 1. The number of rotatable bonds is 4. The highest BCUT2D eigenvalue weighted by Gasteiger charge is 2.27. The number of piperidine rings is 1. The predicted molar refractivity (Wildman–Crippen MR) is 118 cm³/mol. The number of likely N-dealkylation sites (tertiary alicyclic amines) is 1. The smallest absolute Gasteiger partial charge is 0.411 e. The van der Waals surface area contributed by atoms with Gasteiger partial charge in [-0.25, -0.2) is 14.6 Å². The summed E-state index contributed by atoms with van der Waals surface area (Å²) in [6.45, 7) is 7.07. The van der Waals surface area contributed by atoms with Gasteiger partial charge in [-0.3, -0.25) is 5.32 Å². The summed E-state index contributed by atoms with van der Waals surface area (Å²) in [5.41, 5.74) is 1.00. The summed E-state index contributed by atoms with van der Waals surface area (Å²) in [6, 6.07) is 7.37. The van der Waals surface area contributed by atoms with Crippen LogP contribution in [0.2, 0.25) is 5.15 Å². The van der Waals surface area contributed by atoms with Gasteiger partial charge in [-0.1, -0.05) is 23.7 Å². The largest absolute Gasteiger partial charge is 0.449 e. The van der Waals surface area contributed by atoms with Crippen LogP contribution in [0.4, 0.5) is 15.3 Å². The minimum Gasteiger partial charge on any atom is -0.449 e. The Morgan fingerprint density at radius 1 is 1.30 bits per heavy atom. The lowest BCUT2D eigenvalue weighted by Crippen LogP contribution is -2.42. The van der Waals surface area contributed by atoms with E-state index in [0.29, 0.717) is 30.5 Å². The average Bonchev–Trinajstić information content (AvgIpc) is 3.12. The van der Waals surface area contributed by atoms with E-state index in [1.165, 1.54) is 11.3 Å². The molecular weight excluding hydrogens is 426 g/mol. The van der Waals surface area contributed by atoms with Crippen LogP contribution < -0.4 is 5.32 Å². The molecule has 162 valence electrons. The summed E-state index contributed by atoms with van der Waals surface area (Å²) in [5, 5.41) is 5.75. The van der Waals surface area contributed by atoms with Crippen LogP contribution in [0.5, 0.6) is 0 Å². The van der Waals surface area contributed by atoms with E-state index in [9.17, 15) is 9.59 Å². The first-order chi connectivity index (χ1) is 14.2. The first kappa shape index (κ1) is 22.4. The first-order valence-corrected chi connectivity index (χ1v) is 11.1. The van der Waals surface area contributed by atoms with E-state index in [1.54, 1.807) is 16.3 Å². The minimum absolute atomic E-state index is 0.221. The Bertz CT molecular complexity index is 888. The Morgan fingerprint density at radius 2 is 2.03 bits per heavy atom. The summed E-state index contributed by atoms with van der Waals surface area (Å²) in [5.74, 6) is 0.221. The van der Waals surface area contributed by atoms with Crippen molar-refractivity contribution in [3.63, 3.8) is 0 Å². The van der Waals surface area contributed by atoms with Crippen LogP contribution in [0.15, 0.2) is 29.6 Å². The van der Waals surface area contributed by atoms with Crippen LogP contribution in [0.25, 0.3) is 10.6 Å².